The Kier molecular flexibility index (Phi) is 6.38. The third-order valence-corrected chi connectivity index (χ3v) is 8.05. The number of nitrogens with zero attached hydrogens (tertiary/aromatic N) is 5. The largest absolute Gasteiger partial charge is 0.376 e. The van der Waals surface area contributed by atoms with Gasteiger partial charge in [0.2, 0.25) is 0 Å². The van der Waals surface area contributed by atoms with Crippen molar-refractivity contribution >= 4 is 40.7 Å². The molecule has 0 radical (unpaired) electrons. The van der Waals surface area contributed by atoms with Gasteiger partial charge in [0.15, 0.2) is 0 Å². The molecule has 33 heavy (non-hydrogen) atoms. The number of nitrogens with two attached hydrogens (primary N) is 1. The lowest BCUT2D eigenvalue weighted by molar-refractivity contribution is 0.0974. The molecule has 2 atom stereocenters. The molecular formula is C23H26ClN7OS. The van der Waals surface area contributed by atoms with Crippen molar-refractivity contribution < 1.29 is 4.74 Å². The highest BCUT2D eigenvalue weighted by Crippen LogP contribution is 2.42. The third-order valence-electron chi connectivity index (χ3n) is 6.55. The summed E-state index contributed by atoms with van der Waals surface area (Å²) < 4.78 is 5.83. The van der Waals surface area contributed by atoms with Crippen LogP contribution >= 0.6 is 23.4 Å². The molecule has 0 amide bonds. The van der Waals surface area contributed by atoms with E-state index in [1.54, 1.807) is 24.8 Å². The highest BCUT2D eigenvalue weighted by Gasteiger charge is 2.47. The third kappa shape index (κ3) is 4.63. The van der Waals surface area contributed by atoms with Crippen molar-refractivity contribution in [2.24, 2.45) is 11.1 Å². The van der Waals surface area contributed by atoms with Crippen LogP contribution in [-0.4, -0.2) is 51.8 Å². The summed E-state index contributed by atoms with van der Waals surface area (Å²) in [5.74, 6) is 1.52. The van der Waals surface area contributed by atoms with Crippen molar-refractivity contribution in [1.29, 1.82) is 0 Å². The second kappa shape index (κ2) is 9.42. The van der Waals surface area contributed by atoms with E-state index in [4.69, 9.17) is 22.1 Å². The van der Waals surface area contributed by atoms with Crippen molar-refractivity contribution in [2.75, 3.05) is 29.9 Å². The Morgan fingerprint density at radius 3 is 2.67 bits per heavy atom. The van der Waals surface area contributed by atoms with Gasteiger partial charge in [-0.2, -0.15) is 0 Å². The van der Waals surface area contributed by atoms with Crippen LogP contribution < -0.4 is 16.0 Å². The maximum Gasteiger partial charge on any atom is 0.148 e. The molecule has 172 valence electrons. The average Bonchev–Trinajstić information content (AvgIpc) is 3.12. The van der Waals surface area contributed by atoms with Crippen LogP contribution in [0.2, 0.25) is 5.02 Å². The van der Waals surface area contributed by atoms with Gasteiger partial charge < -0.3 is 20.7 Å². The number of aromatic nitrogens is 4. The first kappa shape index (κ1) is 22.3. The van der Waals surface area contributed by atoms with Gasteiger partial charge in [-0.1, -0.05) is 29.4 Å². The number of hydrogen-bond donors (Lipinski definition) is 2. The topological polar surface area (TPSA) is 102 Å². The Bertz CT molecular complexity index is 1090. The molecule has 3 aromatic rings. The number of anilines is 3. The maximum absolute atomic E-state index is 6.63. The summed E-state index contributed by atoms with van der Waals surface area (Å²) in [5.41, 5.74) is 7.29. The van der Waals surface area contributed by atoms with Gasteiger partial charge in [0.1, 0.15) is 16.7 Å². The number of piperidine rings is 1. The fraction of sp³-hybridized carbons (Fsp3) is 0.391. The van der Waals surface area contributed by atoms with Gasteiger partial charge in [-0.25, -0.2) is 15.0 Å². The van der Waals surface area contributed by atoms with E-state index in [0.29, 0.717) is 10.8 Å². The fourth-order valence-corrected chi connectivity index (χ4v) is 5.55. The Hall–Kier alpha value is -2.46. The standard InChI is InChI=1S/C23H26ClN7OS/c1-15-22(25)23(14-32-15)5-9-31(10-6-23)19-12-29-20(13-28-19)33-17-4-2-3-16(21(17)24)30-18-11-26-7-8-27-18/h2-4,7-8,11-13,15,22H,5-6,9-10,14,25H2,1H3,(H,27,30)/t15-,22+/m0/s1. The smallest absolute Gasteiger partial charge is 0.148 e. The van der Waals surface area contributed by atoms with Crippen LogP contribution in [0, 0.1) is 5.41 Å². The molecule has 4 heterocycles. The Morgan fingerprint density at radius 1 is 1.15 bits per heavy atom. The molecule has 1 aromatic carbocycles. The number of rotatable bonds is 5. The molecule has 1 spiro atoms. The molecular weight excluding hydrogens is 458 g/mol. The van der Waals surface area contributed by atoms with Crippen LogP contribution in [-0.2, 0) is 4.74 Å². The molecule has 2 fully saturated rings. The lowest BCUT2D eigenvalue weighted by Gasteiger charge is -2.41. The summed E-state index contributed by atoms with van der Waals surface area (Å²) in [6, 6.07) is 5.91. The van der Waals surface area contributed by atoms with Crippen molar-refractivity contribution in [3.63, 3.8) is 0 Å². The van der Waals surface area contributed by atoms with E-state index >= 15 is 0 Å². The normalized spacial score (nSPS) is 22.0. The van der Waals surface area contributed by atoms with Gasteiger partial charge >= 0.3 is 0 Å². The van der Waals surface area contributed by atoms with Gasteiger partial charge in [0, 0.05) is 41.8 Å². The van der Waals surface area contributed by atoms with Crippen LogP contribution in [0.5, 0.6) is 0 Å². The van der Waals surface area contributed by atoms with Crippen LogP contribution in [0.3, 0.4) is 0 Å². The van der Waals surface area contributed by atoms with Crippen LogP contribution in [0.4, 0.5) is 17.3 Å². The Balaban J connectivity index is 1.23. The lowest BCUT2D eigenvalue weighted by Crippen LogP contribution is -2.50. The van der Waals surface area contributed by atoms with Crippen LogP contribution in [0.25, 0.3) is 0 Å². The number of benzene rings is 1. The van der Waals surface area contributed by atoms with Gasteiger partial charge in [0.05, 0.1) is 42.0 Å². The second-order valence-electron chi connectivity index (χ2n) is 8.54. The monoisotopic (exact) mass is 483 g/mol. The molecule has 2 aromatic heterocycles. The molecule has 0 bridgehead atoms. The second-order valence-corrected chi connectivity index (χ2v) is 9.98. The van der Waals surface area contributed by atoms with Gasteiger partial charge in [-0.3, -0.25) is 4.98 Å². The number of ether oxygens (including phenoxy) is 1. The fourth-order valence-electron chi connectivity index (χ4n) is 4.48. The zero-order chi connectivity index (χ0) is 22.8. The first-order valence-corrected chi connectivity index (χ1v) is 12.2. The van der Waals surface area contributed by atoms with Crippen molar-refractivity contribution in [2.45, 2.75) is 41.8 Å². The summed E-state index contributed by atoms with van der Waals surface area (Å²) in [4.78, 5) is 20.8. The summed E-state index contributed by atoms with van der Waals surface area (Å²) in [7, 11) is 0. The van der Waals surface area contributed by atoms with Crippen LogP contribution in [0.15, 0.2) is 59.1 Å². The molecule has 2 aliphatic heterocycles. The van der Waals surface area contributed by atoms with Gasteiger partial charge in [-0.05, 0) is 31.9 Å². The molecule has 5 rings (SSSR count). The molecule has 8 nitrogen and oxygen atoms in total. The summed E-state index contributed by atoms with van der Waals surface area (Å²) in [5, 5.41) is 4.58. The van der Waals surface area contributed by atoms with E-state index in [9.17, 15) is 0 Å². The average molecular weight is 484 g/mol. The quantitative estimate of drug-likeness (QED) is 0.554. The first-order chi connectivity index (χ1) is 16.0. The van der Waals surface area contributed by atoms with E-state index in [1.165, 1.54) is 11.8 Å². The predicted molar refractivity (Wildman–Crippen MR) is 130 cm³/mol. The molecule has 0 saturated carbocycles. The highest BCUT2D eigenvalue weighted by atomic mass is 35.5. The molecule has 0 unspecified atom stereocenters. The summed E-state index contributed by atoms with van der Waals surface area (Å²) in [6.07, 6.45) is 10.7. The number of hydrogen-bond acceptors (Lipinski definition) is 9. The SMILES string of the molecule is C[C@@H]1OCC2(CCN(c3cnc(Sc4cccc(Nc5cnccn5)c4Cl)cn3)CC2)[C@@H]1N. The highest BCUT2D eigenvalue weighted by molar-refractivity contribution is 7.99. The number of halogens is 1. The van der Waals surface area contributed by atoms with Crippen molar-refractivity contribution in [1.82, 2.24) is 19.9 Å². The van der Waals surface area contributed by atoms with E-state index in [1.807, 2.05) is 24.4 Å². The lowest BCUT2D eigenvalue weighted by atomic mass is 9.73. The van der Waals surface area contributed by atoms with E-state index in [0.717, 1.165) is 54.0 Å². The minimum Gasteiger partial charge on any atom is -0.376 e. The van der Waals surface area contributed by atoms with E-state index in [2.05, 4.69) is 37.1 Å². The molecule has 10 heteroatoms. The van der Waals surface area contributed by atoms with E-state index in [-0.39, 0.29) is 17.6 Å². The van der Waals surface area contributed by atoms with Gasteiger partial charge in [-0.15, -0.1) is 0 Å². The first-order valence-electron chi connectivity index (χ1n) is 11.0. The minimum absolute atomic E-state index is 0.0975. The summed E-state index contributed by atoms with van der Waals surface area (Å²) in [6.45, 7) is 4.65. The minimum atomic E-state index is 0.0975. The van der Waals surface area contributed by atoms with Gasteiger partial charge in [0.25, 0.3) is 0 Å². The number of nitrogens with one attached hydrogen (secondary N) is 1. The van der Waals surface area contributed by atoms with Crippen molar-refractivity contribution in [3.8, 4) is 0 Å². The maximum atomic E-state index is 6.63. The molecule has 3 N–H and O–H groups in total. The molecule has 0 aliphatic carbocycles. The predicted octanol–water partition coefficient (Wildman–Crippen LogP) is 4.15. The Morgan fingerprint density at radius 2 is 2.00 bits per heavy atom. The zero-order valence-electron chi connectivity index (χ0n) is 18.3. The van der Waals surface area contributed by atoms with E-state index < -0.39 is 0 Å². The zero-order valence-corrected chi connectivity index (χ0v) is 19.9. The van der Waals surface area contributed by atoms with Crippen LogP contribution in [0.1, 0.15) is 19.8 Å². The summed E-state index contributed by atoms with van der Waals surface area (Å²) >= 11 is 8.11. The molecule has 2 aliphatic rings. The molecule has 2 saturated heterocycles. The van der Waals surface area contributed by atoms with Crippen molar-refractivity contribution in [3.05, 3.63) is 54.2 Å². The Labute approximate surface area is 202 Å².